The van der Waals surface area contributed by atoms with E-state index in [1.54, 1.807) is 72.8 Å². The van der Waals surface area contributed by atoms with E-state index >= 15 is 0 Å². The van der Waals surface area contributed by atoms with Crippen molar-refractivity contribution in [2.24, 2.45) is 0 Å². The SMILES string of the molecule is COC(=O)c1ccccc1.O=C(C(=O)c1ccccc1)c1ccccc1. The number of esters is 1. The molecule has 0 aliphatic rings. The molecule has 0 radical (unpaired) electrons. The second-order valence-corrected chi connectivity index (χ2v) is 5.25. The van der Waals surface area contributed by atoms with E-state index in [2.05, 4.69) is 4.74 Å². The molecule has 0 amide bonds. The van der Waals surface area contributed by atoms with Crippen LogP contribution in [0.4, 0.5) is 0 Å². The molecular formula is C22H18O4. The van der Waals surface area contributed by atoms with E-state index in [0.29, 0.717) is 16.7 Å². The quantitative estimate of drug-likeness (QED) is 0.403. The second-order valence-electron chi connectivity index (χ2n) is 5.25. The molecule has 0 aliphatic heterocycles. The Bertz CT molecular complexity index is 807. The summed E-state index contributed by atoms with van der Waals surface area (Å²) in [5, 5.41) is 0. The summed E-state index contributed by atoms with van der Waals surface area (Å²) in [5.74, 6) is -1.22. The number of carbonyl (C=O) groups is 3. The lowest BCUT2D eigenvalue weighted by atomic mass is 10.0. The van der Waals surface area contributed by atoms with Gasteiger partial charge < -0.3 is 4.74 Å². The van der Waals surface area contributed by atoms with Gasteiger partial charge in [-0.25, -0.2) is 4.79 Å². The first kappa shape index (κ1) is 18.8. The number of benzene rings is 3. The molecule has 3 aromatic carbocycles. The highest BCUT2D eigenvalue weighted by molar-refractivity contribution is 6.49. The zero-order valence-electron chi connectivity index (χ0n) is 14.3. The monoisotopic (exact) mass is 346 g/mol. The van der Waals surface area contributed by atoms with Crippen LogP contribution < -0.4 is 0 Å². The van der Waals surface area contributed by atoms with Crippen LogP contribution in [0.3, 0.4) is 0 Å². The number of methoxy groups -OCH3 is 1. The van der Waals surface area contributed by atoms with Gasteiger partial charge in [0.05, 0.1) is 12.7 Å². The van der Waals surface area contributed by atoms with Crippen molar-refractivity contribution in [2.45, 2.75) is 0 Å². The maximum absolute atomic E-state index is 11.8. The summed E-state index contributed by atoms with van der Waals surface area (Å²) in [6.45, 7) is 0. The first-order valence-corrected chi connectivity index (χ1v) is 7.96. The fraction of sp³-hybridized carbons (Fsp3) is 0.0455. The van der Waals surface area contributed by atoms with E-state index in [1.807, 2.05) is 18.2 Å². The summed E-state index contributed by atoms with van der Waals surface area (Å²) >= 11 is 0. The third kappa shape index (κ3) is 5.24. The van der Waals surface area contributed by atoms with E-state index in [0.717, 1.165) is 0 Å². The average Bonchev–Trinajstić information content (AvgIpc) is 2.74. The van der Waals surface area contributed by atoms with Gasteiger partial charge in [0.2, 0.25) is 11.6 Å². The number of ketones is 2. The van der Waals surface area contributed by atoms with Crippen LogP contribution in [-0.4, -0.2) is 24.6 Å². The van der Waals surface area contributed by atoms with Crippen LogP contribution in [0.25, 0.3) is 0 Å². The average molecular weight is 346 g/mol. The second kappa shape index (κ2) is 9.69. The van der Waals surface area contributed by atoms with Crippen LogP contribution >= 0.6 is 0 Å². The lowest BCUT2D eigenvalue weighted by Crippen LogP contribution is -2.14. The predicted octanol–water partition coefficient (Wildman–Crippen LogP) is 4.23. The first-order valence-electron chi connectivity index (χ1n) is 7.96. The van der Waals surface area contributed by atoms with Crippen molar-refractivity contribution < 1.29 is 19.1 Å². The van der Waals surface area contributed by atoms with Gasteiger partial charge in [-0.2, -0.15) is 0 Å². The Kier molecular flexibility index (Phi) is 7.01. The van der Waals surface area contributed by atoms with Gasteiger partial charge in [0.25, 0.3) is 0 Å². The summed E-state index contributed by atoms with van der Waals surface area (Å²) in [7, 11) is 1.37. The standard InChI is InChI=1S/C14H10O2.C8H8O2/c15-13(11-7-3-1-4-8-11)14(16)12-9-5-2-6-10-12;1-10-8(9)7-5-3-2-4-6-7/h1-10H;2-6H,1H3. The van der Waals surface area contributed by atoms with E-state index in [9.17, 15) is 14.4 Å². The zero-order chi connectivity index (χ0) is 18.8. The molecule has 0 spiro atoms. The molecule has 0 saturated heterocycles. The number of ether oxygens (including phenoxy) is 1. The van der Waals surface area contributed by atoms with Crippen molar-refractivity contribution >= 4 is 17.5 Å². The molecule has 0 atom stereocenters. The maximum atomic E-state index is 11.8. The Morgan fingerprint density at radius 3 is 1.15 bits per heavy atom. The van der Waals surface area contributed by atoms with E-state index in [4.69, 9.17) is 0 Å². The van der Waals surface area contributed by atoms with Gasteiger partial charge >= 0.3 is 5.97 Å². The molecule has 0 aromatic heterocycles. The van der Waals surface area contributed by atoms with Crippen LogP contribution in [0.5, 0.6) is 0 Å². The predicted molar refractivity (Wildman–Crippen MR) is 99.3 cm³/mol. The number of carbonyl (C=O) groups excluding carboxylic acids is 3. The molecule has 0 N–H and O–H groups in total. The van der Waals surface area contributed by atoms with Gasteiger partial charge in [0.15, 0.2) is 0 Å². The van der Waals surface area contributed by atoms with Crippen molar-refractivity contribution in [2.75, 3.05) is 7.11 Å². The van der Waals surface area contributed by atoms with Gasteiger partial charge in [0.1, 0.15) is 0 Å². The summed E-state index contributed by atoms with van der Waals surface area (Å²) in [4.78, 5) is 34.4. The summed E-state index contributed by atoms with van der Waals surface area (Å²) in [6, 6.07) is 26.0. The van der Waals surface area contributed by atoms with Gasteiger partial charge in [-0.1, -0.05) is 78.9 Å². The third-order valence-corrected chi connectivity index (χ3v) is 3.47. The molecule has 0 fully saturated rings. The molecule has 3 rings (SSSR count). The number of rotatable bonds is 4. The highest BCUT2D eigenvalue weighted by Gasteiger charge is 2.17. The largest absolute Gasteiger partial charge is 0.465 e. The smallest absolute Gasteiger partial charge is 0.337 e. The van der Waals surface area contributed by atoms with Crippen molar-refractivity contribution in [1.82, 2.24) is 0 Å². The number of hydrogen-bond donors (Lipinski definition) is 0. The Balaban J connectivity index is 0.000000209. The Labute approximate surface area is 152 Å². The van der Waals surface area contributed by atoms with E-state index in [-0.39, 0.29) is 5.97 Å². The zero-order valence-corrected chi connectivity index (χ0v) is 14.3. The third-order valence-electron chi connectivity index (χ3n) is 3.47. The Morgan fingerprint density at radius 1 is 0.538 bits per heavy atom. The van der Waals surface area contributed by atoms with E-state index < -0.39 is 11.6 Å². The van der Waals surface area contributed by atoms with Gasteiger partial charge in [-0.15, -0.1) is 0 Å². The molecule has 130 valence electrons. The highest BCUT2D eigenvalue weighted by atomic mass is 16.5. The fourth-order valence-corrected chi connectivity index (χ4v) is 2.13. The molecule has 4 heteroatoms. The lowest BCUT2D eigenvalue weighted by Gasteiger charge is -1.99. The molecule has 4 nitrogen and oxygen atoms in total. The summed E-state index contributed by atoms with van der Waals surface area (Å²) in [6.07, 6.45) is 0. The minimum atomic E-state index is -0.466. The minimum absolute atomic E-state index is 0.291. The number of Topliss-reactive ketones (excluding diaryl/α,β-unsaturated/α-hetero) is 2. The molecular weight excluding hydrogens is 328 g/mol. The van der Waals surface area contributed by atoms with Crippen molar-refractivity contribution in [1.29, 1.82) is 0 Å². The molecule has 3 aromatic rings. The topological polar surface area (TPSA) is 60.4 Å². The normalized spacial score (nSPS) is 9.42. The molecule has 26 heavy (non-hydrogen) atoms. The fourth-order valence-electron chi connectivity index (χ4n) is 2.13. The molecule has 0 unspecified atom stereocenters. The Hall–Kier alpha value is -3.53. The van der Waals surface area contributed by atoms with Crippen LogP contribution in [0.2, 0.25) is 0 Å². The van der Waals surface area contributed by atoms with Crippen molar-refractivity contribution in [3.05, 3.63) is 108 Å². The highest BCUT2D eigenvalue weighted by Crippen LogP contribution is 2.07. The number of hydrogen-bond acceptors (Lipinski definition) is 4. The molecule has 0 heterocycles. The molecule has 0 bridgehead atoms. The molecule has 0 saturated carbocycles. The van der Waals surface area contributed by atoms with Gasteiger partial charge in [-0.05, 0) is 12.1 Å². The summed E-state index contributed by atoms with van der Waals surface area (Å²) < 4.78 is 4.50. The molecule has 0 aliphatic carbocycles. The van der Waals surface area contributed by atoms with Crippen LogP contribution in [0, 0.1) is 0 Å². The van der Waals surface area contributed by atoms with Crippen LogP contribution in [0.15, 0.2) is 91.0 Å². The van der Waals surface area contributed by atoms with Crippen molar-refractivity contribution in [3.8, 4) is 0 Å². The summed E-state index contributed by atoms with van der Waals surface area (Å²) in [5.41, 5.74) is 1.44. The maximum Gasteiger partial charge on any atom is 0.337 e. The first-order chi connectivity index (χ1) is 12.6. The van der Waals surface area contributed by atoms with Crippen LogP contribution in [-0.2, 0) is 4.74 Å². The van der Waals surface area contributed by atoms with Gasteiger partial charge in [-0.3, -0.25) is 9.59 Å². The minimum Gasteiger partial charge on any atom is -0.465 e. The van der Waals surface area contributed by atoms with E-state index in [1.165, 1.54) is 7.11 Å². The Morgan fingerprint density at radius 2 is 0.846 bits per heavy atom. The van der Waals surface area contributed by atoms with Crippen molar-refractivity contribution in [3.63, 3.8) is 0 Å². The van der Waals surface area contributed by atoms with Crippen LogP contribution in [0.1, 0.15) is 31.1 Å². The lowest BCUT2D eigenvalue weighted by molar-refractivity contribution is 0.0600. The van der Waals surface area contributed by atoms with Gasteiger partial charge in [0, 0.05) is 11.1 Å².